The summed E-state index contributed by atoms with van der Waals surface area (Å²) in [6, 6.07) is 9.52. The van der Waals surface area contributed by atoms with Gasteiger partial charge in [0.15, 0.2) is 6.61 Å². The van der Waals surface area contributed by atoms with Gasteiger partial charge < -0.3 is 14.4 Å². The van der Waals surface area contributed by atoms with Crippen LogP contribution in [0.3, 0.4) is 0 Å². The first-order valence-corrected chi connectivity index (χ1v) is 11.1. The van der Waals surface area contributed by atoms with Crippen molar-refractivity contribution < 1.29 is 19.1 Å². The molecule has 1 fully saturated rings. The Hall–Kier alpha value is -2.97. The summed E-state index contributed by atoms with van der Waals surface area (Å²) in [5.41, 5.74) is 2.69. The van der Waals surface area contributed by atoms with Crippen molar-refractivity contribution in [1.82, 2.24) is 14.8 Å². The van der Waals surface area contributed by atoms with Gasteiger partial charge in [-0.15, -0.1) is 0 Å². The molecule has 0 aliphatic carbocycles. The van der Waals surface area contributed by atoms with E-state index < -0.39 is 0 Å². The molecule has 1 aromatic carbocycles. The van der Waals surface area contributed by atoms with Crippen molar-refractivity contribution in [2.75, 3.05) is 57.4 Å². The highest BCUT2D eigenvalue weighted by Gasteiger charge is 2.29. The molecule has 0 N–H and O–H groups in total. The summed E-state index contributed by atoms with van der Waals surface area (Å²) >= 11 is 0. The normalized spacial score (nSPS) is 16.4. The molecule has 32 heavy (non-hydrogen) atoms. The summed E-state index contributed by atoms with van der Waals surface area (Å²) < 4.78 is 11.0. The highest BCUT2D eigenvalue weighted by atomic mass is 16.5. The molecular weight excluding hydrogens is 408 g/mol. The van der Waals surface area contributed by atoms with E-state index in [9.17, 15) is 9.59 Å². The molecule has 170 valence electrons. The second-order valence-electron chi connectivity index (χ2n) is 8.22. The summed E-state index contributed by atoms with van der Waals surface area (Å²) in [4.78, 5) is 35.8. The van der Waals surface area contributed by atoms with Crippen molar-refractivity contribution in [3.8, 4) is 5.75 Å². The summed E-state index contributed by atoms with van der Waals surface area (Å²) in [7, 11) is 0. The first-order valence-electron chi connectivity index (χ1n) is 11.1. The van der Waals surface area contributed by atoms with Crippen LogP contribution in [0.15, 0.2) is 42.7 Å². The molecule has 2 aromatic rings. The lowest BCUT2D eigenvalue weighted by Gasteiger charge is -2.32. The van der Waals surface area contributed by atoms with E-state index in [2.05, 4.69) is 9.88 Å². The smallest absolute Gasteiger partial charge is 0.265 e. The molecule has 2 amide bonds. The molecule has 2 aliphatic heterocycles. The van der Waals surface area contributed by atoms with Gasteiger partial charge in [0, 0.05) is 45.1 Å². The van der Waals surface area contributed by atoms with E-state index in [0.717, 1.165) is 50.4 Å². The predicted molar refractivity (Wildman–Crippen MR) is 121 cm³/mol. The van der Waals surface area contributed by atoms with Gasteiger partial charge in [0.1, 0.15) is 12.3 Å². The molecule has 2 aliphatic rings. The lowest BCUT2D eigenvalue weighted by molar-refractivity contribution is -0.132. The van der Waals surface area contributed by atoms with E-state index >= 15 is 0 Å². The Morgan fingerprint density at radius 3 is 2.72 bits per heavy atom. The van der Waals surface area contributed by atoms with E-state index in [1.807, 2.05) is 42.2 Å². The average Bonchev–Trinajstić information content (AvgIpc) is 2.81. The number of rotatable bonds is 8. The minimum atomic E-state index is -0.200. The lowest BCUT2D eigenvalue weighted by Crippen LogP contribution is -2.47. The van der Waals surface area contributed by atoms with E-state index in [0.29, 0.717) is 24.5 Å². The molecule has 3 heterocycles. The van der Waals surface area contributed by atoms with Crippen LogP contribution in [-0.4, -0.2) is 79.1 Å². The van der Waals surface area contributed by atoms with Gasteiger partial charge in [-0.1, -0.05) is 6.07 Å². The van der Waals surface area contributed by atoms with Gasteiger partial charge in [0.25, 0.3) is 5.91 Å². The molecule has 8 heteroatoms. The van der Waals surface area contributed by atoms with Crippen molar-refractivity contribution in [2.24, 2.45) is 0 Å². The number of carbonyl (C=O) groups excluding carboxylic acids is 2. The molecule has 0 spiro atoms. The SMILES string of the molecule is Cc1ccc2c(c1)N(CC(=O)N(CCCN1CCOCC1)Cc1ccncc1)C(=O)CO2. The zero-order chi connectivity index (χ0) is 22.3. The summed E-state index contributed by atoms with van der Waals surface area (Å²) in [6.07, 6.45) is 4.33. The Labute approximate surface area is 188 Å². The number of fused-ring (bicyclic) bond motifs is 1. The molecule has 0 radical (unpaired) electrons. The maximum atomic E-state index is 13.4. The monoisotopic (exact) mass is 438 g/mol. The lowest BCUT2D eigenvalue weighted by atomic mass is 10.1. The van der Waals surface area contributed by atoms with Crippen LogP contribution in [0.2, 0.25) is 0 Å². The van der Waals surface area contributed by atoms with Crippen molar-refractivity contribution in [3.63, 3.8) is 0 Å². The van der Waals surface area contributed by atoms with E-state index in [1.165, 1.54) is 0 Å². The summed E-state index contributed by atoms with van der Waals surface area (Å²) in [6.45, 7) is 7.32. The van der Waals surface area contributed by atoms with Gasteiger partial charge in [-0.05, 0) is 48.7 Å². The largest absolute Gasteiger partial charge is 0.482 e. The molecule has 0 atom stereocenters. The van der Waals surface area contributed by atoms with E-state index in [4.69, 9.17) is 9.47 Å². The molecule has 4 rings (SSSR count). The number of hydrogen-bond acceptors (Lipinski definition) is 6. The number of amides is 2. The highest BCUT2D eigenvalue weighted by Crippen LogP contribution is 2.32. The fourth-order valence-corrected chi connectivity index (χ4v) is 4.03. The second-order valence-corrected chi connectivity index (χ2v) is 8.22. The van der Waals surface area contributed by atoms with Crippen molar-refractivity contribution >= 4 is 17.5 Å². The van der Waals surface area contributed by atoms with Gasteiger partial charge in [-0.2, -0.15) is 0 Å². The zero-order valence-electron chi connectivity index (χ0n) is 18.5. The first kappa shape index (κ1) is 22.2. The van der Waals surface area contributed by atoms with Crippen molar-refractivity contribution in [2.45, 2.75) is 19.9 Å². The number of anilines is 1. The Balaban J connectivity index is 1.45. The van der Waals surface area contributed by atoms with E-state index in [1.54, 1.807) is 17.3 Å². The van der Waals surface area contributed by atoms with Crippen LogP contribution in [0.4, 0.5) is 5.69 Å². The Morgan fingerprint density at radius 1 is 1.16 bits per heavy atom. The van der Waals surface area contributed by atoms with Crippen LogP contribution in [0.1, 0.15) is 17.5 Å². The van der Waals surface area contributed by atoms with Crippen LogP contribution in [0, 0.1) is 6.92 Å². The van der Waals surface area contributed by atoms with E-state index in [-0.39, 0.29) is 25.0 Å². The van der Waals surface area contributed by atoms with Gasteiger partial charge in [0.05, 0.1) is 18.9 Å². The second kappa shape index (κ2) is 10.6. The molecule has 1 aromatic heterocycles. The Kier molecular flexibility index (Phi) is 7.34. The molecule has 1 saturated heterocycles. The number of aromatic nitrogens is 1. The number of aryl methyl sites for hydroxylation is 1. The number of nitrogens with zero attached hydrogens (tertiary/aromatic N) is 4. The fourth-order valence-electron chi connectivity index (χ4n) is 4.03. The standard InChI is InChI=1S/C24H30N4O4/c1-19-3-4-22-21(15-19)28(24(30)18-32-22)17-23(29)27(16-20-5-7-25-8-6-20)10-2-9-26-11-13-31-14-12-26/h3-8,15H,2,9-14,16-18H2,1H3. The maximum Gasteiger partial charge on any atom is 0.265 e. The number of carbonyl (C=O) groups is 2. The number of benzene rings is 1. The third-order valence-corrected chi connectivity index (χ3v) is 5.83. The van der Waals surface area contributed by atoms with Crippen LogP contribution >= 0.6 is 0 Å². The molecule has 0 saturated carbocycles. The topological polar surface area (TPSA) is 75.2 Å². The number of pyridine rings is 1. The highest BCUT2D eigenvalue weighted by molar-refractivity contribution is 6.02. The molecule has 8 nitrogen and oxygen atoms in total. The van der Waals surface area contributed by atoms with Crippen LogP contribution in [0.25, 0.3) is 0 Å². The molecule has 0 unspecified atom stereocenters. The zero-order valence-corrected chi connectivity index (χ0v) is 18.5. The van der Waals surface area contributed by atoms with Crippen LogP contribution in [0.5, 0.6) is 5.75 Å². The third kappa shape index (κ3) is 5.63. The van der Waals surface area contributed by atoms with Crippen LogP contribution < -0.4 is 9.64 Å². The van der Waals surface area contributed by atoms with Gasteiger partial charge in [-0.3, -0.25) is 24.4 Å². The minimum Gasteiger partial charge on any atom is -0.482 e. The predicted octanol–water partition coefficient (Wildman–Crippen LogP) is 1.87. The fraction of sp³-hybridized carbons (Fsp3) is 0.458. The van der Waals surface area contributed by atoms with Crippen molar-refractivity contribution in [3.05, 3.63) is 53.9 Å². The van der Waals surface area contributed by atoms with Gasteiger partial charge >= 0.3 is 0 Å². The Morgan fingerprint density at radius 2 is 1.94 bits per heavy atom. The minimum absolute atomic E-state index is 0.00127. The summed E-state index contributed by atoms with van der Waals surface area (Å²) in [5, 5.41) is 0. The van der Waals surface area contributed by atoms with Gasteiger partial charge in [0.2, 0.25) is 5.91 Å². The maximum absolute atomic E-state index is 13.4. The molecule has 0 bridgehead atoms. The van der Waals surface area contributed by atoms with Crippen molar-refractivity contribution in [1.29, 1.82) is 0 Å². The number of hydrogen-bond donors (Lipinski definition) is 0. The number of morpholine rings is 1. The first-order chi connectivity index (χ1) is 15.6. The number of ether oxygens (including phenoxy) is 2. The summed E-state index contributed by atoms with van der Waals surface area (Å²) in [5.74, 6) is 0.358. The van der Waals surface area contributed by atoms with Crippen LogP contribution in [-0.2, 0) is 20.9 Å². The quantitative estimate of drug-likeness (QED) is 0.626. The van der Waals surface area contributed by atoms with Gasteiger partial charge in [-0.25, -0.2) is 0 Å². The Bertz CT molecular complexity index is 931. The molecular formula is C24H30N4O4. The average molecular weight is 439 g/mol. The third-order valence-electron chi connectivity index (χ3n) is 5.83.